The SMILES string of the molecule is CC=C(CN)C(C)(C)[SiH](C(C)(C)C)C(C)(C)C. The predicted molar refractivity (Wildman–Crippen MR) is 83.4 cm³/mol. The fourth-order valence-electron chi connectivity index (χ4n) is 4.40. The third kappa shape index (κ3) is 3.96. The van der Waals surface area contributed by atoms with Crippen molar-refractivity contribution in [1.29, 1.82) is 0 Å². The van der Waals surface area contributed by atoms with Crippen molar-refractivity contribution >= 4 is 8.80 Å². The molecule has 0 aliphatic rings. The molecule has 0 radical (unpaired) electrons. The lowest BCUT2D eigenvalue weighted by Crippen LogP contribution is -2.45. The highest BCUT2D eigenvalue weighted by atomic mass is 28.3. The lowest BCUT2D eigenvalue weighted by molar-refractivity contribution is 0.575. The highest BCUT2D eigenvalue weighted by Gasteiger charge is 2.47. The van der Waals surface area contributed by atoms with E-state index in [4.69, 9.17) is 5.73 Å². The standard InChI is InChI=1S/C15H33NSi/c1-10-12(11-16)15(8,9)17(13(2,3)4)14(5,6)7/h10,17H,11,16H2,1-9H3. The van der Waals surface area contributed by atoms with Crippen molar-refractivity contribution < 1.29 is 0 Å². The average molecular weight is 256 g/mol. The molecule has 0 rings (SSSR count). The van der Waals surface area contributed by atoms with Crippen LogP contribution < -0.4 is 5.73 Å². The highest BCUT2D eigenvalue weighted by molar-refractivity contribution is 6.69. The molecule has 0 aliphatic carbocycles. The molecule has 0 aromatic heterocycles. The van der Waals surface area contributed by atoms with Crippen LogP contribution in [-0.2, 0) is 0 Å². The number of hydrogen-bond acceptors (Lipinski definition) is 1. The summed E-state index contributed by atoms with van der Waals surface area (Å²) in [5, 5.41) is 1.09. The fourth-order valence-corrected chi connectivity index (χ4v) is 12.0. The lowest BCUT2D eigenvalue weighted by Gasteiger charge is -2.50. The van der Waals surface area contributed by atoms with Crippen LogP contribution in [0.25, 0.3) is 0 Å². The Morgan fingerprint density at radius 1 is 0.941 bits per heavy atom. The molecule has 102 valence electrons. The van der Waals surface area contributed by atoms with Crippen molar-refractivity contribution in [3.05, 3.63) is 11.6 Å². The van der Waals surface area contributed by atoms with Gasteiger partial charge >= 0.3 is 0 Å². The summed E-state index contributed by atoms with van der Waals surface area (Å²) >= 11 is 0. The topological polar surface area (TPSA) is 26.0 Å². The van der Waals surface area contributed by atoms with Gasteiger partial charge in [0.25, 0.3) is 0 Å². The first-order valence-corrected chi connectivity index (χ1v) is 8.48. The van der Waals surface area contributed by atoms with E-state index in [-0.39, 0.29) is 5.04 Å². The third-order valence-electron chi connectivity index (χ3n) is 3.85. The summed E-state index contributed by atoms with van der Waals surface area (Å²) in [7, 11) is -1.06. The Morgan fingerprint density at radius 3 is 1.47 bits per heavy atom. The summed E-state index contributed by atoms with van der Waals surface area (Å²) in [4.78, 5) is 0. The first-order valence-electron chi connectivity index (χ1n) is 6.74. The van der Waals surface area contributed by atoms with Crippen LogP contribution in [0.1, 0.15) is 62.3 Å². The summed E-state index contributed by atoms with van der Waals surface area (Å²) in [6, 6.07) is 0. The molecule has 0 heterocycles. The number of nitrogens with two attached hydrogens (primary N) is 1. The van der Waals surface area contributed by atoms with Gasteiger partial charge in [0, 0.05) is 6.54 Å². The summed E-state index contributed by atoms with van der Waals surface area (Å²) in [5.74, 6) is 0. The van der Waals surface area contributed by atoms with Gasteiger partial charge < -0.3 is 5.73 Å². The van der Waals surface area contributed by atoms with Crippen molar-refractivity contribution in [2.24, 2.45) is 5.73 Å². The first kappa shape index (κ1) is 16.9. The van der Waals surface area contributed by atoms with E-state index in [1.165, 1.54) is 5.57 Å². The second-order valence-corrected chi connectivity index (χ2v) is 13.7. The Bertz CT molecular complexity index is 262. The molecule has 0 bridgehead atoms. The van der Waals surface area contributed by atoms with Gasteiger partial charge in [0.15, 0.2) is 0 Å². The maximum Gasteiger partial charge on any atom is 0.0584 e. The second-order valence-electron chi connectivity index (χ2n) is 7.90. The molecule has 0 fully saturated rings. The molecule has 0 aromatic carbocycles. The molecule has 0 unspecified atom stereocenters. The maximum absolute atomic E-state index is 5.95. The van der Waals surface area contributed by atoms with Crippen LogP contribution in [0, 0.1) is 0 Å². The van der Waals surface area contributed by atoms with Crippen molar-refractivity contribution in [3.8, 4) is 0 Å². The Balaban J connectivity index is 5.64. The minimum absolute atomic E-state index is 0.278. The Morgan fingerprint density at radius 2 is 1.29 bits per heavy atom. The molecule has 2 N–H and O–H groups in total. The van der Waals surface area contributed by atoms with Gasteiger partial charge in [-0.15, -0.1) is 0 Å². The molecule has 0 aliphatic heterocycles. The molecule has 0 atom stereocenters. The lowest BCUT2D eigenvalue weighted by atomic mass is 10.0. The van der Waals surface area contributed by atoms with Crippen LogP contribution in [0.2, 0.25) is 15.1 Å². The minimum Gasteiger partial charge on any atom is -0.327 e. The smallest absolute Gasteiger partial charge is 0.0584 e. The Kier molecular flexibility index (Phi) is 5.25. The normalized spacial score (nSPS) is 15.6. The van der Waals surface area contributed by atoms with Gasteiger partial charge in [-0.1, -0.05) is 67.0 Å². The first-order chi connectivity index (χ1) is 7.39. The van der Waals surface area contributed by atoms with Crippen molar-refractivity contribution in [2.45, 2.75) is 77.4 Å². The molecular formula is C15H33NSi. The summed E-state index contributed by atoms with van der Waals surface area (Å²) < 4.78 is 0. The molecule has 0 spiro atoms. The molecule has 0 saturated heterocycles. The number of allylic oxidation sites excluding steroid dienone is 1. The zero-order chi connectivity index (χ0) is 14.1. The monoisotopic (exact) mass is 255 g/mol. The van der Waals surface area contributed by atoms with Crippen LogP contribution in [0.3, 0.4) is 0 Å². The van der Waals surface area contributed by atoms with Crippen LogP contribution in [0.5, 0.6) is 0 Å². The van der Waals surface area contributed by atoms with Gasteiger partial charge in [-0.3, -0.25) is 0 Å². The van der Waals surface area contributed by atoms with Crippen LogP contribution in [-0.4, -0.2) is 15.3 Å². The summed E-state index contributed by atoms with van der Waals surface area (Å²) in [6.45, 7) is 22.1. The van der Waals surface area contributed by atoms with E-state index in [0.717, 1.165) is 0 Å². The summed E-state index contributed by atoms with van der Waals surface area (Å²) in [5.41, 5.74) is 7.38. The Hall–Kier alpha value is -0.0831. The van der Waals surface area contributed by atoms with Crippen molar-refractivity contribution in [3.63, 3.8) is 0 Å². The molecule has 2 heteroatoms. The van der Waals surface area contributed by atoms with E-state index >= 15 is 0 Å². The van der Waals surface area contributed by atoms with E-state index in [0.29, 0.717) is 16.6 Å². The van der Waals surface area contributed by atoms with Gasteiger partial charge in [0.2, 0.25) is 0 Å². The molecule has 1 nitrogen and oxygen atoms in total. The largest absolute Gasteiger partial charge is 0.327 e. The Labute approximate surface area is 110 Å². The van der Waals surface area contributed by atoms with Gasteiger partial charge in [-0.2, -0.15) is 0 Å². The van der Waals surface area contributed by atoms with Gasteiger partial charge in [-0.25, -0.2) is 0 Å². The molecule has 0 amide bonds. The van der Waals surface area contributed by atoms with Gasteiger partial charge in [0.1, 0.15) is 0 Å². The van der Waals surface area contributed by atoms with Crippen molar-refractivity contribution in [1.82, 2.24) is 0 Å². The summed E-state index contributed by atoms with van der Waals surface area (Å²) in [6.07, 6.45) is 2.23. The van der Waals surface area contributed by atoms with Gasteiger partial charge in [-0.05, 0) is 22.0 Å². The molecule has 17 heavy (non-hydrogen) atoms. The zero-order valence-electron chi connectivity index (χ0n) is 13.4. The zero-order valence-corrected chi connectivity index (χ0v) is 14.6. The molecule has 0 aromatic rings. The van der Waals surface area contributed by atoms with Crippen LogP contribution >= 0.6 is 0 Å². The van der Waals surface area contributed by atoms with E-state index in [9.17, 15) is 0 Å². The van der Waals surface area contributed by atoms with Crippen LogP contribution in [0.4, 0.5) is 0 Å². The maximum atomic E-state index is 5.95. The van der Waals surface area contributed by atoms with E-state index < -0.39 is 8.80 Å². The molecular weight excluding hydrogens is 222 g/mol. The van der Waals surface area contributed by atoms with E-state index in [2.05, 4.69) is 68.4 Å². The third-order valence-corrected chi connectivity index (χ3v) is 9.13. The van der Waals surface area contributed by atoms with Crippen LogP contribution in [0.15, 0.2) is 11.6 Å². The number of hydrogen-bond donors (Lipinski definition) is 1. The average Bonchev–Trinajstić information content (AvgIpc) is 1.97. The molecule has 0 saturated carbocycles. The fraction of sp³-hybridized carbons (Fsp3) is 0.867. The van der Waals surface area contributed by atoms with Crippen molar-refractivity contribution in [2.75, 3.05) is 6.54 Å². The van der Waals surface area contributed by atoms with E-state index in [1.807, 2.05) is 0 Å². The minimum atomic E-state index is -1.06. The predicted octanol–water partition coefficient (Wildman–Crippen LogP) is 4.50. The highest BCUT2D eigenvalue weighted by Crippen LogP contribution is 2.56. The quantitative estimate of drug-likeness (QED) is 0.583. The second kappa shape index (κ2) is 5.27. The van der Waals surface area contributed by atoms with E-state index in [1.54, 1.807) is 0 Å². The van der Waals surface area contributed by atoms with Gasteiger partial charge in [0.05, 0.1) is 8.80 Å². The number of rotatable bonds is 3.